The number of benzene rings is 1. The number of likely N-dealkylation sites (tertiary alicyclic amines) is 2. The van der Waals surface area contributed by atoms with Gasteiger partial charge in [-0.1, -0.05) is 30.3 Å². The number of fused-ring (bicyclic) bond motifs is 1. The second kappa shape index (κ2) is 7.36. The Balaban J connectivity index is 1.55. The van der Waals surface area contributed by atoms with E-state index in [0.29, 0.717) is 25.2 Å². The lowest BCUT2D eigenvalue weighted by Crippen LogP contribution is -2.47. The van der Waals surface area contributed by atoms with Crippen LogP contribution in [0.2, 0.25) is 0 Å². The molecule has 2 aliphatic rings. The van der Waals surface area contributed by atoms with Crippen LogP contribution in [0.15, 0.2) is 54.9 Å². The molecular weight excluding hydrogens is 352 g/mol. The van der Waals surface area contributed by atoms with Gasteiger partial charge < -0.3 is 9.80 Å². The van der Waals surface area contributed by atoms with E-state index in [1.807, 2.05) is 23.1 Å². The molecule has 0 radical (unpaired) electrons. The summed E-state index contributed by atoms with van der Waals surface area (Å²) in [7, 11) is 3.61. The Bertz CT molecular complexity index is 855. The molecule has 28 heavy (non-hydrogen) atoms. The molecule has 0 N–H and O–H groups in total. The van der Waals surface area contributed by atoms with Gasteiger partial charge in [-0.3, -0.25) is 19.5 Å². The van der Waals surface area contributed by atoms with Crippen molar-refractivity contribution in [3.63, 3.8) is 0 Å². The van der Waals surface area contributed by atoms with E-state index in [1.54, 1.807) is 43.5 Å². The van der Waals surface area contributed by atoms with Crippen molar-refractivity contribution in [2.75, 3.05) is 40.3 Å². The van der Waals surface area contributed by atoms with E-state index in [4.69, 9.17) is 0 Å². The molecule has 2 fully saturated rings. The molecule has 146 valence electrons. The van der Waals surface area contributed by atoms with Gasteiger partial charge in [0.05, 0.1) is 5.41 Å². The lowest BCUT2D eigenvalue weighted by atomic mass is 9.80. The molecule has 0 spiro atoms. The molecule has 0 saturated carbocycles. The topological polar surface area (TPSA) is 56.8 Å². The Morgan fingerprint density at radius 1 is 1.07 bits per heavy atom. The van der Waals surface area contributed by atoms with Gasteiger partial charge in [-0.25, -0.2) is 0 Å². The van der Waals surface area contributed by atoms with Gasteiger partial charge in [-0.15, -0.1) is 0 Å². The molecule has 3 heterocycles. The van der Waals surface area contributed by atoms with Gasteiger partial charge in [0.1, 0.15) is 0 Å². The largest absolute Gasteiger partial charge is 0.348 e. The van der Waals surface area contributed by atoms with E-state index >= 15 is 0 Å². The van der Waals surface area contributed by atoms with Crippen molar-refractivity contribution in [2.45, 2.75) is 6.54 Å². The third-order valence-corrected chi connectivity index (χ3v) is 5.98. The normalized spacial score (nSPS) is 24.2. The summed E-state index contributed by atoms with van der Waals surface area (Å²) in [5.41, 5.74) is 1.35. The maximum Gasteiger partial charge on any atom is 0.254 e. The number of carbonyl (C=O) groups excluding carboxylic acids is 2. The molecule has 2 aromatic rings. The van der Waals surface area contributed by atoms with E-state index in [1.165, 1.54) is 5.56 Å². The summed E-state index contributed by atoms with van der Waals surface area (Å²) in [5.74, 6) is 0.257. The predicted octanol–water partition coefficient (Wildman–Crippen LogP) is 1.74. The van der Waals surface area contributed by atoms with E-state index in [-0.39, 0.29) is 17.7 Å². The first-order valence-corrected chi connectivity index (χ1v) is 9.67. The summed E-state index contributed by atoms with van der Waals surface area (Å²) < 4.78 is 0. The molecule has 6 heteroatoms. The van der Waals surface area contributed by atoms with Crippen LogP contribution in [0, 0.1) is 11.3 Å². The number of carbonyl (C=O) groups is 2. The molecule has 2 aliphatic heterocycles. The molecule has 0 aliphatic carbocycles. The Kier molecular flexibility index (Phi) is 4.89. The number of rotatable bonds is 4. The van der Waals surface area contributed by atoms with Crippen LogP contribution in [0.4, 0.5) is 0 Å². The zero-order valence-corrected chi connectivity index (χ0v) is 16.4. The zero-order valence-electron chi connectivity index (χ0n) is 16.4. The third kappa shape index (κ3) is 3.29. The fraction of sp³-hybridized carbons (Fsp3) is 0.409. The first-order valence-electron chi connectivity index (χ1n) is 9.67. The fourth-order valence-corrected chi connectivity index (χ4v) is 4.71. The van der Waals surface area contributed by atoms with Crippen LogP contribution in [0.5, 0.6) is 0 Å². The van der Waals surface area contributed by atoms with Crippen LogP contribution in [0.25, 0.3) is 0 Å². The average Bonchev–Trinajstić information content (AvgIpc) is 3.23. The second-order valence-corrected chi connectivity index (χ2v) is 8.13. The lowest BCUT2D eigenvalue weighted by Gasteiger charge is -2.31. The second-order valence-electron chi connectivity index (χ2n) is 8.13. The molecule has 0 bridgehead atoms. The molecule has 0 unspecified atom stereocenters. The minimum Gasteiger partial charge on any atom is -0.348 e. The van der Waals surface area contributed by atoms with Crippen molar-refractivity contribution < 1.29 is 9.59 Å². The summed E-state index contributed by atoms with van der Waals surface area (Å²) in [6.45, 7) is 3.43. The number of amides is 2. The van der Waals surface area contributed by atoms with Gasteiger partial charge in [-0.05, 0) is 17.7 Å². The highest BCUT2D eigenvalue weighted by Crippen LogP contribution is 2.44. The van der Waals surface area contributed by atoms with E-state index in [0.717, 1.165) is 13.1 Å². The van der Waals surface area contributed by atoms with Crippen LogP contribution in [-0.4, -0.2) is 71.8 Å². The van der Waals surface area contributed by atoms with Crippen LogP contribution in [0.3, 0.4) is 0 Å². The monoisotopic (exact) mass is 378 g/mol. The molecule has 2 atom stereocenters. The maximum absolute atomic E-state index is 13.2. The number of hydrogen-bond acceptors (Lipinski definition) is 4. The zero-order chi connectivity index (χ0) is 19.7. The Labute approximate surface area is 165 Å². The summed E-state index contributed by atoms with van der Waals surface area (Å²) in [6.07, 6.45) is 3.26. The van der Waals surface area contributed by atoms with E-state index < -0.39 is 5.41 Å². The van der Waals surface area contributed by atoms with Crippen LogP contribution in [0.1, 0.15) is 15.9 Å². The first-order chi connectivity index (χ1) is 13.5. The van der Waals surface area contributed by atoms with Crippen molar-refractivity contribution in [1.29, 1.82) is 0 Å². The summed E-state index contributed by atoms with van der Waals surface area (Å²) in [6, 6.07) is 13.8. The molecule has 2 saturated heterocycles. The summed E-state index contributed by atoms with van der Waals surface area (Å²) in [5, 5.41) is 0. The average molecular weight is 378 g/mol. The van der Waals surface area contributed by atoms with Crippen LogP contribution >= 0.6 is 0 Å². The van der Waals surface area contributed by atoms with Gasteiger partial charge in [0.25, 0.3) is 5.91 Å². The van der Waals surface area contributed by atoms with Gasteiger partial charge in [0, 0.05) is 70.7 Å². The highest BCUT2D eigenvalue weighted by molar-refractivity contribution is 5.95. The lowest BCUT2D eigenvalue weighted by molar-refractivity contribution is -0.139. The Morgan fingerprint density at radius 3 is 2.46 bits per heavy atom. The quantitative estimate of drug-likeness (QED) is 0.813. The van der Waals surface area contributed by atoms with Gasteiger partial charge in [0.2, 0.25) is 5.91 Å². The van der Waals surface area contributed by atoms with Gasteiger partial charge >= 0.3 is 0 Å². The van der Waals surface area contributed by atoms with Crippen molar-refractivity contribution >= 4 is 11.8 Å². The van der Waals surface area contributed by atoms with Crippen LogP contribution < -0.4 is 0 Å². The smallest absolute Gasteiger partial charge is 0.254 e. The van der Waals surface area contributed by atoms with Crippen molar-refractivity contribution in [3.05, 3.63) is 66.0 Å². The van der Waals surface area contributed by atoms with Crippen LogP contribution in [-0.2, 0) is 11.3 Å². The first kappa shape index (κ1) is 18.6. The highest BCUT2D eigenvalue weighted by Gasteiger charge is 2.58. The molecule has 4 rings (SSSR count). The maximum atomic E-state index is 13.2. The Morgan fingerprint density at radius 2 is 1.79 bits per heavy atom. The van der Waals surface area contributed by atoms with Crippen molar-refractivity contribution in [3.8, 4) is 0 Å². The van der Waals surface area contributed by atoms with E-state index in [2.05, 4.69) is 22.0 Å². The minimum absolute atomic E-state index is 0.0164. The van der Waals surface area contributed by atoms with Crippen molar-refractivity contribution in [2.24, 2.45) is 11.3 Å². The molecule has 1 aromatic heterocycles. The van der Waals surface area contributed by atoms with E-state index in [9.17, 15) is 9.59 Å². The SMILES string of the molecule is CN(C)C(=O)[C@@]12CN(Cc3ccccc3)C[C@@H]1CN(C(=O)c1ccncc1)C2. The Hall–Kier alpha value is -2.73. The van der Waals surface area contributed by atoms with Gasteiger partial charge in [0.15, 0.2) is 0 Å². The van der Waals surface area contributed by atoms with Gasteiger partial charge in [-0.2, -0.15) is 0 Å². The number of aromatic nitrogens is 1. The molecular formula is C22H26N4O2. The number of hydrogen-bond donors (Lipinski definition) is 0. The third-order valence-electron chi connectivity index (χ3n) is 5.98. The highest BCUT2D eigenvalue weighted by atomic mass is 16.2. The summed E-state index contributed by atoms with van der Waals surface area (Å²) in [4.78, 5) is 36.0. The number of pyridine rings is 1. The molecule has 1 aromatic carbocycles. The fourth-order valence-electron chi connectivity index (χ4n) is 4.71. The molecule has 2 amide bonds. The van der Waals surface area contributed by atoms with Crippen molar-refractivity contribution in [1.82, 2.24) is 19.7 Å². The minimum atomic E-state index is -0.527. The molecule has 6 nitrogen and oxygen atoms in total. The number of nitrogens with zero attached hydrogens (tertiary/aromatic N) is 4. The summed E-state index contributed by atoms with van der Waals surface area (Å²) >= 11 is 0. The predicted molar refractivity (Wildman–Crippen MR) is 106 cm³/mol. The standard InChI is InChI=1S/C22H26N4O2/c1-24(2)21(28)22-15-25(12-17-6-4-3-5-7-17)13-19(22)14-26(16-22)20(27)18-8-10-23-11-9-18/h3-11,19H,12-16H2,1-2H3/t19-,22-/m1/s1.